The summed E-state index contributed by atoms with van der Waals surface area (Å²) in [5.74, 6) is 0.285. The highest BCUT2D eigenvalue weighted by Gasteiger charge is 2.28. The fourth-order valence-corrected chi connectivity index (χ4v) is 4.41. The largest absolute Gasteiger partial charge is 0.481 e. The Labute approximate surface area is 210 Å². The molecule has 0 radical (unpaired) electrons. The lowest BCUT2D eigenvalue weighted by Crippen LogP contribution is -2.19. The molecule has 8 nitrogen and oxygen atoms in total. The van der Waals surface area contributed by atoms with Crippen molar-refractivity contribution in [3.63, 3.8) is 0 Å². The van der Waals surface area contributed by atoms with Crippen molar-refractivity contribution in [2.75, 3.05) is 11.9 Å². The van der Waals surface area contributed by atoms with Crippen LogP contribution in [0.1, 0.15) is 17.4 Å². The summed E-state index contributed by atoms with van der Waals surface area (Å²) < 4.78 is 11.8. The molecule has 5 rings (SSSR count). The van der Waals surface area contributed by atoms with Gasteiger partial charge in [-0.2, -0.15) is 4.98 Å². The highest BCUT2D eigenvalue weighted by Crippen LogP contribution is 2.41. The van der Waals surface area contributed by atoms with Crippen LogP contribution in [0.2, 0.25) is 5.02 Å². The lowest BCUT2D eigenvalue weighted by Gasteiger charge is -2.21. The van der Waals surface area contributed by atoms with Crippen molar-refractivity contribution in [1.82, 2.24) is 15.2 Å². The highest BCUT2D eigenvalue weighted by molar-refractivity contribution is 7.98. The summed E-state index contributed by atoms with van der Waals surface area (Å²) in [5, 5.41) is 22.3. The van der Waals surface area contributed by atoms with E-state index in [-0.39, 0.29) is 0 Å². The summed E-state index contributed by atoms with van der Waals surface area (Å²) in [6.45, 7) is -0.466. The van der Waals surface area contributed by atoms with Crippen LogP contribution in [-0.2, 0) is 10.5 Å². The second kappa shape index (κ2) is 10.2. The normalized spacial score (nSPS) is 14.0. The van der Waals surface area contributed by atoms with Crippen LogP contribution in [-0.4, -0.2) is 32.9 Å². The maximum Gasteiger partial charge on any atom is 0.341 e. The topological polar surface area (TPSA) is 106 Å². The minimum Gasteiger partial charge on any atom is -0.481 e. The SMILES string of the molecule is O=C(O)COc1ccccc1[C@H]1Nc2ccccc2-c2nnc(SCc3ccc(Cl)cc3)nc2O1. The fraction of sp³-hybridized carbons (Fsp3) is 0.120. The molecule has 0 aliphatic carbocycles. The van der Waals surface area contributed by atoms with E-state index in [4.69, 9.17) is 26.2 Å². The van der Waals surface area contributed by atoms with Gasteiger partial charge in [-0.15, -0.1) is 10.2 Å². The Balaban J connectivity index is 1.48. The van der Waals surface area contributed by atoms with Gasteiger partial charge >= 0.3 is 5.97 Å². The third-order valence-corrected chi connectivity index (χ3v) is 6.33. The molecule has 0 bridgehead atoms. The summed E-state index contributed by atoms with van der Waals surface area (Å²) in [5.41, 5.74) is 3.79. The van der Waals surface area contributed by atoms with Crippen molar-refractivity contribution in [3.8, 4) is 22.9 Å². The Morgan fingerprint density at radius 3 is 2.66 bits per heavy atom. The summed E-state index contributed by atoms with van der Waals surface area (Å²) in [6.07, 6.45) is -0.701. The number of anilines is 1. The van der Waals surface area contributed by atoms with Crippen LogP contribution in [0.25, 0.3) is 11.3 Å². The number of carboxylic acid groups (broad SMARTS) is 1. The van der Waals surface area contributed by atoms with E-state index in [1.165, 1.54) is 11.8 Å². The molecule has 0 saturated carbocycles. The molecule has 1 atom stereocenters. The average molecular weight is 507 g/mol. The van der Waals surface area contributed by atoms with Gasteiger partial charge in [-0.05, 0) is 35.9 Å². The van der Waals surface area contributed by atoms with Crippen LogP contribution < -0.4 is 14.8 Å². The second-order valence-corrected chi connectivity index (χ2v) is 8.95. The van der Waals surface area contributed by atoms with Gasteiger partial charge in [-0.1, -0.05) is 65.8 Å². The van der Waals surface area contributed by atoms with Crippen molar-refractivity contribution in [1.29, 1.82) is 0 Å². The zero-order valence-corrected chi connectivity index (χ0v) is 19.8. The number of aromatic nitrogens is 3. The number of ether oxygens (including phenoxy) is 2. The Hall–Kier alpha value is -3.82. The van der Waals surface area contributed by atoms with Crippen LogP contribution >= 0.6 is 23.4 Å². The molecule has 35 heavy (non-hydrogen) atoms. The van der Waals surface area contributed by atoms with Crippen LogP contribution in [0.5, 0.6) is 11.6 Å². The van der Waals surface area contributed by atoms with E-state index in [9.17, 15) is 4.79 Å². The zero-order valence-electron chi connectivity index (χ0n) is 18.2. The molecule has 1 aliphatic heterocycles. The molecule has 3 aromatic carbocycles. The Morgan fingerprint density at radius 2 is 1.83 bits per heavy atom. The third kappa shape index (κ3) is 5.31. The van der Waals surface area contributed by atoms with Crippen LogP contribution in [0.3, 0.4) is 0 Å². The number of benzene rings is 3. The second-order valence-electron chi connectivity index (χ2n) is 7.57. The maximum atomic E-state index is 11.1. The van der Waals surface area contributed by atoms with Crippen molar-refractivity contribution in [3.05, 3.63) is 88.9 Å². The van der Waals surface area contributed by atoms with E-state index in [0.29, 0.717) is 38.8 Å². The molecular formula is C25H19ClN4O4S. The minimum atomic E-state index is -1.07. The van der Waals surface area contributed by atoms with E-state index in [2.05, 4.69) is 20.5 Å². The molecule has 176 valence electrons. The number of nitrogens with one attached hydrogen (secondary N) is 1. The van der Waals surface area contributed by atoms with Gasteiger partial charge in [0.15, 0.2) is 12.3 Å². The number of hydrogen-bond donors (Lipinski definition) is 2. The van der Waals surface area contributed by atoms with Crippen molar-refractivity contribution < 1.29 is 19.4 Å². The summed E-state index contributed by atoms with van der Waals surface area (Å²) in [6, 6.07) is 22.3. The predicted molar refractivity (Wildman–Crippen MR) is 133 cm³/mol. The molecule has 2 N–H and O–H groups in total. The van der Waals surface area contributed by atoms with Crippen molar-refractivity contribution >= 4 is 35.0 Å². The molecule has 4 aromatic rings. The van der Waals surface area contributed by atoms with Gasteiger partial charge in [0, 0.05) is 22.0 Å². The highest BCUT2D eigenvalue weighted by atomic mass is 35.5. The first kappa shape index (κ1) is 22.9. The monoisotopic (exact) mass is 506 g/mol. The van der Waals surface area contributed by atoms with Crippen molar-refractivity contribution in [2.45, 2.75) is 17.1 Å². The van der Waals surface area contributed by atoms with E-state index < -0.39 is 18.8 Å². The first-order valence-electron chi connectivity index (χ1n) is 10.6. The van der Waals surface area contributed by atoms with Gasteiger partial charge in [0.05, 0.1) is 5.56 Å². The lowest BCUT2D eigenvalue weighted by atomic mass is 10.1. The first-order valence-corrected chi connectivity index (χ1v) is 12.0. The maximum absolute atomic E-state index is 11.1. The first-order chi connectivity index (χ1) is 17.1. The quantitative estimate of drug-likeness (QED) is 0.316. The Morgan fingerprint density at radius 1 is 1.06 bits per heavy atom. The third-order valence-electron chi connectivity index (χ3n) is 5.17. The number of aliphatic carboxylic acids is 1. The standard InChI is InChI=1S/C25H19ClN4O4S/c26-16-11-9-15(10-12-16)14-35-25-28-24-22(29-30-25)17-5-1-3-7-19(17)27-23(34-24)18-6-2-4-8-20(18)33-13-21(31)32/h1-12,23,27H,13-14H2,(H,31,32)/t23-/m0/s1. The van der Waals surface area contributed by atoms with E-state index in [1.54, 1.807) is 12.1 Å². The number of hydrogen-bond acceptors (Lipinski definition) is 8. The number of carboxylic acids is 1. The van der Waals surface area contributed by atoms with Crippen molar-refractivity contribution in [2.24, 2.45) is 0 Å². The minimum absolute atomic E-state index is 0.314. The molecule has 2 heterocycles. The fourth-order valence-electron chi connectivity index (χ4n) is 3.55. The number of rotatable bonds is 7. The predicted octanol–water partition coefficient (Wildman–Crippen LogP) is 5.45. The number of halogens is 1. The number of para-hydroxylation sites is 2. The number of thioether (sulfide) groups is 1. The molecular weight excluding hydrogens is 488 g/mol. The van der Waals surface area contributed by atoms with Crippen LogP contribution in [0, 0.1) is 0 Å². The lowest BCUT2D eigenvalue weighted by molar-refractivity contribution is -0.139. The van der Waals surface area contributed by atoms with Gasteiger partial charge in [0.1, 0.15) is 5.75 Å². The Bertz CT molecular complexity index is 1370. The molecule has 10 heteroatoms. The number of nitrogens with zero attached hydrogens (tertiary/aromatic N) is 3. The molecule has 0 fully saturated rings. The molecule has 0 spiro atoms. The van der Waals surface area contributed by atoms with Crippen LogP contribution in [0.4, 0.5) is 5.69 Å². The zero-order chi connectivity index (χ0) is 24.2. The van der Waals surface area contributed by atoms with E-state index >= 15 is 0 Å². The van der Waals surface area contributed by atoms with Gasteiger partial charge in [0.25, 0.3) is 0 Å². The van der Waals surface area contributed by atoms with Gasteiger partial charge in [-0.25, -0.2) is 4.79 Å². The van der Waals surface area contributed by atoms with Gasteiger partial charge < -0.3 is 19.9 Å². The number of carbonyl (C=O) groups is 1. The van der Waals surface area contributed by atoms with Crippen LogP contribution in [0.15, 0.2) is 78.0 Å². The molecule has 0 saturated heterocycles. The van der Waals surface area contributed by atoms with E-state index in [1.807, 2.05) is 60.7 Å². The van der Waals surface area contributed by atoms with Gasteiger partial charge in [-0.3, -0.25) is 0 Å². The molecule has 0 unspecified atom stereocenters. The summed E-state index contributed by atoms with van der Waals surface area (Å²) >= 11 is 7.41. The molecule has 1 aliphatic rings. The number of fused-ring (bicyclic) bond motifs is 3. The van der Waals surface area contributed by atoms with Gasteiger partial charge in [0.2, 0.25) is 17.3 Å². The summed E-state index contributed by atoms with van der Waals surface area (Å²) in [7, 11) is 0. The smallest absolute Gasteiger partial charge is 0.341 e. The molecule has 1 aromatic heterocycles. The average Bonchev–Trinajstić information content (AvgIpc) is 3.04. The molecule has 0 amide bonds. The van der Waals surface area contributed by atoms with E-state index in [0.717, 1.165) is 16.8 Å². The summed E-state index contributed by atoms with van der Waals surface area (Å²) in [4.78, 5) is 15.7. The Kier molecular flexibility index (Phi) is 6.69.